The third-order valence-corrected chi connectivity index (χ3v) is 4.17. The van der Waals surface area contributed by atoms with Crippen LogP contribution in [0.2, 0.25) is 0 Å². The molecule has 0 spiro atoms. The number of nitrogen functional groups attached to an aromatic ring is 1. The summed E-state index contributed by atoms with van der Waals surface area (Å²) in [6.45, 7) is 5.75. The minimum absolute atomic E-state index is 0.0162. The Balaban J connectivity index is 1.97. The molecular weight excluding hydrogens is 284 g/mol. The van der Waals surface area contributed by atoms with E-state index in [2.05, 4.69) is 11.1 Å². The summed E-state index contributed by atoms with van der Waals surface area (Å²) in [5.74, 6) is -0.0419. The van der Waals surface area contributed by atoms with E-state index in [1.165, 1.54) is 16.9 Å². The minimum atomic E-state index is -0.404. The SMILES string of the molecule is CC(C)(C)OC(=O)C1CC/C=C(/c2csc(N)n2)CCC1. The van der Waals surface area contributed by atoms with Gasteiger partial charge in [0.15, 0.2) is 5.13 Å². The summed E-state index contributed by atoms with van der Waals surface area (Å²) in [7, 11) is 0. The molecule has 1 atom stereocenters. The van der Waals surface area contributed by atoms with E-state index < -0.39 is 5.60 Å². The first-order valence-corrected chi connectivity index (χ1v) is 8.36. The molecule has 4 nitrogen and oxygen atoms in total. The summed E-state index contributed by atoms with van der Waals surface area (Å²) in [5.41, 5.74) is 7.54. The van der Waals surface area contributed by atoms with Crippen LogP contribution in [-0.2, 0) is 9.53 Å². The predicted molar refractivity (Wildman–Crippen MR) is 86.9 cm³/mol. The highest BCUT2D eigenvalue weighted by Gasteiger charge is 2.25. The van der Waals surface area contributed by atoms with Crippen molar-refractivity contribution < 1.29 is 9.53 Å². The Morgan fingerprint density at radius 2 is 2.19 bits per heavy atom. The van der Waals surface area contributed by atoms with E-state index in [0.717, 1.165) is 37.8 Å². The Morgan fingerprint density at radius 1 is 1.43 bits per heavy atom. The molecule has 1 unspecified atom stereocenters. The summed E-state index contributed by atoms with van der Waals surface area (Å²) in [5, 5.41) is 2.62. The molecule has 116 valence electrons. The zero-order valence-corrected chi connectivity index (χ0v) is 13.8. The zero-order valence-electron chi connectivity index (χ0n) is 13.0. The number of allylic oxidation sites excluding steroid dienone is 2. The number of hydrogen-bond acceptors (Lipinski definition) is 5. The van der Waals surface area contributed by atoms with Gasteiger partial charge in [-0.15, -0.1) is 11.3 Å². The molecule has 0 fully saturated rings. The Labute approximate surface area is 130 Å². The normalized spacial score (nSPS) is 22.8. The van der Waals surface area contributed by atoms with Crippen molar-refractivity contribution in [1.82, 2.24) is 4.98 Å². The number of thiazole rings is 1. The standard InChI is InChI=1S/C16H24N2O2S/c1-16(2,3)20-14(19)12-8-4-6-11(7-5-9-12)13-10-21-15(17)18-13/h6,10,12H,4-5,7-9H2,1-3H3,(H2,17,18)/b11-6+. The van der Waals surface area contributed by atoms with Crippen molar-refractivity contribution in [1.29, 1.82) is 0 Å². The molecular formula is C16H24N2O2S. The average Bonchev–Trinajstić information content (AvgIpc) is 2.73. The lowest BCUT2D eigenvalue weighted by atomic mass is 9.90. The van der Waals surface area contributed by atoms with Crippen LogP contribution in [0.4, 0.5) is 5.13 Å². The number of carbonyl (C=O) groups is 1. The molecule has 1 aliphatic rings. The molecule has 5 heteroatoms. The Morgan fingerprint density at radius 3 is 2.81 bits per heavy atom. The molecule has 0 bridgehead atoms. The quantitative estimate of drug-likeness (QED) is 0.838. The molecule has 1 aromatic rings. The Kier molecular flexibility index (Phi) is 5.04. The number of anilines is 1. The second-order valence-electron chi connectivity index (χ2n) is 6.50. The van der Waals surface area contributed by atoms with Crippen LogP contribution >= 0.6 is 11.3 Å². The molecule has 0 saturated heterocycles. The number of ether oxygens (including phenoxy) is 1. The summed E-state index contributed by atoms with van der Waals surface area (Å²) in [4.78, 5) is 16.5. The fraction of sp³-hybridized carbons (Fsp3) is 0.625. The molecule has 1 aromatic heterocycles. The molecule has 21 heavy (non-hydrogen) atoms. The fourth-order valence-electron chi connectivity index (χ4n) is 2.53. The summed E-state index contributed by atoms with van der Waals surface area (Å²) >= 11 is 1.47. The molecule has 2 N–H and O–H groups in total. The fourth-order valence-corrected chi connectivity index (χ4v) is 3.12. The van der Waals surface area contributed by atoms with E-state index in [-0.39, 0.29) is 11.9 Å². The van der Waals surface area contributed by atoms with E-state index in [0.29, 0.717) is 5.13 Å². The van der Waals surface area contributed by atoms with Gasteiger partial charge >= 0.3 is 5.97 Å². The van der Waals surface area contributed by atoms with E-state index in [4.69, 9.17) is 10.5 Å². The minimum Gasteiger partial charge on any atom is -0.460 e. The van der Waals surface area contributed by atoms with Crippen LogP contribution < -0.4 is 5.73 Å². The van der Waals surface area contributed by atoms with Gasteiger partial charge in [-0.2, -0.15) is 0 Å². The first kappa shape index (κ1) is 16.0. The van der Waals surface area contributed by atoms with Crippen molar-refractivity contribution in [3.8, 4) is 0 Å². The van der Waals surface area contributed by atoms with Crippen LogP contribution in [0, 0.1) is 5.92 Å². The lowest BCUT2D eigenvalue weighted by Crippen LogP contribution is -2.29. The topological polar surface area (TPSA) is 65.2 Å². The summed E-state index contributed by atoms with van der Waals surface area (Å²) in [6.07, 6.45) is 6.74. The van der Waals surface area contributed by atoms with E-state index >= 15 is 0 Å². The van der Waals surface area contributed by atoms with Gasteiger partial charge in [0.1, 0.15) is 5.60 Å². The number of esters is 1. The number of hydrogen-bond donors (Lipinski definition) is 1. The van der Waals surface area contributed by atoms with Gasteiger partial charge < -0.3 is 10.5 Å². The van der Waals surface area contributed by atoms with Crippen LogP contribution in [0.15, 0.2) is 11.5 Å². The maximum Gasteiger partial charge on any atom is 0.309 e. The van der Waals surface area contributed by atoms with Crippen LogP contribution in [0.25, 0.3) is 5.57 Å². The highest BCUT2D eigenvalue weighted by molar-refractivity contribution is 7.13. The zero-order chi connectivity index (χ0) is 15.5. The van der Waals surface area contributed by atoms with E-state index in [9.17, 15) is 4.79 Å². The number of rotatable bonds is 2. The van der Waals surface area contributed by atoms with Gasteiger partial charge in [-0.25, -0.2) is 4.98 Å². The van der Waals surface area contributed by atoms with Crippen molar-refractivity contribution in [2.24, 2.45) is 5.92 Å². The highest BCUT2D eigenvalue weighted by Crippen LogP contribution is 2.30. The highest BCUT2D eigenvalue weighted by atomic mass is 32.1. The summed E-state index contributed by atoms with van der Waals surface area (Å²) in [6, 6.07) is 0. The molecule has 0 saturated carbocycles. The van der Waals surface area contributed by atoms with Crippen molar-refractivity contribution >= 4 is 28.0 Å². The van der Waals surface area contributed by atoms with Crippen LogP contribution in [0.3, 0.4) is 0 Å². The Hall–Kier alpha value is -1.36. The first-order valence-electron chi connectivity index (χ1n) is 7.48. The van der Waals surface area contributed by atoms with Gasteiger partial charge in [0.25, 0.3) is 0 Å². The van der Waals surface area contributed by atoms with Crippen molar-refractivity contribution in [3.63, 3.8) is 0 Å². The van der Waals surface area contributed by atoms with Gasteiger partial charge in [0.2, 0.25) is 0 Å². The predicted octanol–water partition coefficient (Wildman–Crippen LogP) is 4.03. The monoisotopic (exact) mass is 308 g/mol. The molecule has 0 radical (unpaired) electrons. The lowest BCUT2D eigenvalue weighted by Gasteiger charge is -2.24. The maximum absolute atomic E-state index is 12.2. The van der Waals surface area contributed by atoms with Gasteiger partial charge in [0, 0.05) is 5.38 Å². The largest absolute Gasteiger partial charge is 0.460 e. The smallest absolute Gasteiger partial charge is 0.309 e. The second kappa shape index (κ2) is 6.60. The Bertz CT molecular complexity index is 529. The molecule has 2 rings (SSSR count). The van der Waals surface area contributed by atoms with E-state index in [1.54, 1.807) is 0 Å². The molecule has 0 aromatic carbocycles. The lowest BCUT2D eigenvalue weighted by molar-refractivity contribution is -0.160. The molecule has 1 heterocycles. The van der Waals surface area contributed by atoms with Crippen LogP contribution in [0.5, 0.6) is 0 Å². The second-order valence-corrected chi connectivity index (χ2v) is 7.39. The molecule has 1 aliphatic carbocycles. The third kappa shape index (κ3) is 4.84. The third-order valence-electron chi connectivity index (χ3n) is 3.50. The molecule has 0 aliphatic heterocycles. The van der Waals surface area contributed by atoms with E-state index in [1.807, 2.05) is 26.2 Å². The van der Waals surface area contributed by atoms with Gasteiger partial charge in [0.05, 0.1) is 11.6 Å². The number of nitrogens with two attached hydrogens (primary N) is 1. The first-order chi connectivity index (χ1) is 9.85. The number of carbonyl (C=O) groups excluding carboxylic acids is 1. The van der Waals surface area contributed by atoms with Gasteiger partial charge in [-0.05, 0) is 58.4 Å². The van der Waals surface area contributed by atoms with Crippen molar-refractivity contribution in [2.75, 3.05) is 5.73 Å². The van der Waals surface area contributed by atoms with Crippen molar-refractivity contribution in [2.45, 2.75) is 58.5 Å². The van der Waals surface area contributed by atoms with Gasteiger partial charge in [-0.3, -0.25) is 4.79 Å². The van der Waals surface area contributed by atoms with Crippen LogP contribution in [-0.4, -0.2) is 16.6 Å². The maximum atomic E-state index is 12.2. The average molecular weight is 308 g/mol. The number of nitrogens with zero attached hydrogens (tertiary/aromatic N) is 1. The van der Waals surface area contributed by atoms with Crippen LogP contribution in [0.1, 0.15) is 58.6 Å². The summed E-state index contributed by atoms with van der Waals surface area (Å²) < 4.78 is 5.50. The molecule has 0 amide bonds. The van der Waals surface area contributed by atoms with Crippen molar-refractivity contribution in [3.05, 3.63) is 17.2 Å². The number of aromatic nitrogens is 1. The van der Waals surface area contributed by atoms with Gasteiger partial charge in [-0.1, -0.05) is 6.08 Å².